The molecule has 1 amide bonds. The fourth-order valence-corrected chi connectivity index (χ4v) is 1.73. The average Bonchev–Trinajstić information content (AvgIpc) is 3.06. The van der Waals surface area contributed by atoms with Crippen LogP contribution in [0.2, 0.25) is 0 Å². The van der Waals surface area contributed by atoms with Gasteiger partial charge in [-0.2, -0.15) is 4.80 Å². The number of nitrogens with zero attached hydrogens (tertiary/aromatic N) is 4. The second-order valence-corrected chi connectivity index (χ2v) is 5.54. The normalized spacial score (nSPS) is 11.6. The van der Waals surface area contributed by atoms with Crippen molar-refractivity contribution < 1.29 is 14.3 Å². The standard InChI is InChI=1S/C13H19N5O3/c1-13(2,5-6-19)9-14-11(20)8-18-16-12(15-17-18)10-4-3-7-21-10/h3-4,7,19H,5-6,8-9H2,1-2H3,(H,14,20). The Morgan fingerprint density at radius 1 is 1.52 bits per heavy atom. The van der Waals surface area contributed by atoms with E-state index in [1.807, 2.05) is 13.8 Å². The van der Waals surface area contributed by atoms with Crippen LogP contribution in [0.3, 0.4) is 0 Å². The highest BCUT2D eigenvalue weighted by molar-refractivity contribution is 5.75. The largest absolute Gasteiger partial charge is 0.461 e. The van der Waals surface area contributed by atoms with Crippen LogP contribution in [0, 0.1) is 5.41 Å². The fraction of sp³-hybridized carbons (Fsp3) is 0.538. The number of hydrogen-bond donors (Lipinski definition) is 2. The lowest BCUT2D eigenvalue weighted by atomic mass is 9.90. The summed E-state index contributed by atoms with van der Waals surface area (Å²) in [5, 5.41) is 23.4. The molecule has 0 saturated carbocycles. The highest BCUT2D eigenvalue weighted by Crippen LogP contribution is 2.17. The van der Waals surface area contributed by atoms with Crippen LogP contribution in [0.25, 0.3) is 11.6 Å². The van der Waals surface area contributed by atoms with E-state index in [-0.39, 0.29) is 24.5 Å². The molecule has 2 heterocycles. The van der Waals surface area contributed by atoms with Gasteiger partial charge in [0.1, 0.15) is 6.54 Å². The fourth-order valence-electron chi connectivity index (χ4n) is 1.73. The van der Waals surface area contributed by atoms with Crippen LogP contribution in [-0.2, 0) is 11.3 Å². The predicted molar refractivity (Wildman–Crippen MR) is 74.0 cm³/mol. The topological polar surface area (TPSA) is 106 Å². The number of furan rings is 1. The zero-order valence-electron chi connectivity index (χ0n) is 12.1. The Hall–Kier alpha value is -2.22. The van der Waals surface area contributed by atoms with E-state index in [0.29, 0.717) is 24.6 Å². The molecule has 8 nitrogen and oxygen atoms in total. The SMILES string of the molecule is CC(C)(CCO)CNC(=O)Cn1nnc(-c2ccco2)n1. The summed E-state index contributed by atoms with van der Waals surface area (Å²) in [4.78, 5) is 13.0. The average molecular weight is 293 g/mol. The first-order valence-electron chi connectivity index (χ1n) is 6.69. The van der Waals surface area contributed by atoms with Crippen LogP contribution in [0.1, 0.15) is 20.3 Å². The molecule has 0 aliphatic carbocycles. The number of amides is 1. The van der Waals surface area contributed by atoms with Gasteiger partial charge in [-0.25, -0.2) is 0 Å². The molecular weight excluding hydrogens is 274 g/mol. The predicted octanol–water partition coefficient (Wildman–Crippen LogP) is 0.458. The Morgan fingerprint density at radius 3 is 3.00 bits per heavy atom. The number of rotatable bonds is 7. The first kappa shape index (κ1) is 15.2. The minimum absolute atomic E-state index is 0.0110. The third-order valence-electron chi connectivity index (χ3n) is 3.03. The number of aliphatic hydroxyl groups is 1. The third kappa shape index (κ3) is 4.38. The lowest BCUT2D eigenvalue weighted by Crippen LogP contribution is -2.36. The maximum Gasteiger partial charge on any atom is 0.243 e. The second kappa shape index (κ2) is 6.49. The maximum atomic E-state index is 11.8. The quantitative estimate of drug-likeness (QED) is 0.768. The van der Waals surface area contributed by atoms with Gasteiger partial charge in [0.05, 0.1) is 6.26 Å². The molecule has 0 radical (unpaired) electrons. The molecule has 0 atom stereocenters. The van der Waals surface area contributed by atoms with Gasteiger partial charge in [0.15, 0.2) is 5.76 Å². The Bertz CT molecular complexity index is 576. The Balaban J connectivity index is 1.86. The summed E-state index contributed by atoms with van der Waals surface area (Å²) in [6.45, 7) is 4.52. The van der Waals surface area contributed by atoms with Crippen molar-refractivity contribution >= 4 is 5.91 Å². The van der Waals surface area contributed by atoms with Gasteiger partial charge in [0, 0.05) is 13.2 Å². The molecule has 0 bridgehead atoms. The second-order valence-electron chi connectivity index (χ2n) is 5.54. The molecule has 8 heteroatoms. The van der Waals surface area contributed by atoms with Gasteiger partial charge in [-0.1, -0.05) is 13.8 Å². The summed E-state index contributed by atoms with van der Waals surface area (Å²) in [6, 6.07) is 3.45. The van der Waals surface area contributed by atoms with Crippen LogP contribution in [0.15, 0.2) is 22.8 Å². The van der Waals surface area contributed by atoms with Crippen LogP contribution in [0.4, 0.5) is 0 Å². The van der Waals surface area contributed by atoms with Crippen LogP contribution in [0.5, 0.6) is 0 Å². The van der Waals surface area contributed by atoms with Crippen LogP contribution in [-0.4, -0.2) is 44.4 Å². The van der Waals surface area contributed by atoms with E-state index in [2.05, 4.69) is 20.7 Å². The lowest BCUT2D eigenvalue weighted by Gasteiger charge is -2.23. The van der Waals surface area contributed by atoms with E-state index >= 15 is 0 Å². The lowest BCUT2D eigenvalue weighted by molar-refractivity contribution is -0.122. The smallest absolute Gasteiger partial charge is 0.243 e. The number of hydrogen-bond acceptors (Lipinski definition) is 6. The van der Waals surface area contributed by atoms with Crippen LogP contribution >= 0.6 is 0 Å². The number of aromatic nitrogens is 4. The van der Waals surface area contributed by atoms with Gasteiger partial charge in [-0.05, 0) is 29.2 Å². The summed E-state index contributed by atoms with van der Waals surface area (Å²) in [5.41, 5.74) is -0.153. The van der Waals surface area contributed by atoms with E-state index in [1.54, 1.807) is 12.1 Å². The Kier molecular flexibility index (Phi) is 4.69. The number of carbonyl (C=O) groups excluding carboxylic acids is 1. The van der Waals surface area contributed by atoms with Crippen molar-refractivity contribution in [1.29, 1.82) is 0 Å². The molecule has 0 spiro atoms. The van der Waals surface area contributed by atoms with Crippen molar-refractivity contribution in [1.82, 2.24) is 25.5 Å². The molecular formula is C13H19N5O3. The monoisotopic (exact) mass is 293 g/mol. The molecule has 2 aromatic rings. The number of aliphatic hydroxyl groups excluding tert-OH is 1. The van der Waals surface area contributed by atoms with E-state index in [0.717, 1.165) is 0 Å². The third-order valence-corrected chi connectivity index (χ3v) is 3.03. The minimum atomic E-state index is -0.204. The highest BCUT2D eigenvalue weighted by Gasteiger charge is 2.18. The first-order valence-corrected chi connectivity index (χ1v) is 6.69. The molecule has 2 N–H and O–H groups in total. The van der Waals surface area contributed by atoms with E-state index in [9.17, 15) is 4.79 Å². The summed E-state index contributed by atoms with van der Waals surface area (Å²) in [7, 11) is 0. The maximum absolute atomic E-state index is 11.8. The van der Waals surface area contributed by atoms with Gasteiger partial charge < -0.3 is 14.8 Å². The van der Waals surface area contributed by atoms with Crippen molar-refractivity contribution in [3.63, 3.8) is 0 Å². The summed E-state index contributed by atoms with van der Waals surface area (Å²) in [5.74, 6) is 0.642. The van der Waals surface area contributed by atoms with Gasteiger partial charge in [-0.3, -0.25) is 4.79 Å². The molecule has 0 saturated heterocycles. The highest BCUT2D eigenvalue weighted by atomic mass is 16.3. The summed E-state index contributed by atoms with van der Waals surface area (Å²) < 4.78 is 5.15. The number of nitrogens with one attached hydrogen (secondary N) is 1. The molecule has 21 heavy (non-hydrogen) atoms. The molecule has 0 aromatic carbocycles. The summed E-state index contributed by atoms with van der Waals surface area (Å²) in [6.07, 6.45) is 2.14. The Labute approximate surface area is 122 Å². The zero-order chi connectivity index (χ0) is 15.3. The van der Waals surface area contributed by atoms with Crippen molar-refractivity contribution in [3.05, 3.63) is 18.4 Å². The minimum Gasteiger partial charge on any atom is -0.461 e. The van der Waals surface area contributed by atoms with Gasteiger partial charge in [0.25, 0.3) is 0 Å². The van der Waals surface area contributed by atoms with Crippen molar-refractivity contribution in [3.8, 4) is 11.6 Å². The molecule has 2 aromatic heterocycles. The first-order chi connectivity index (χ1) is 10.00. The van der Waals surface area contributed by atoms with Gasteiger partial charge >= 0.3 is 0 Å². The van der Waals surface area contributed by atoms with Crippen molar-refractivity contribution in [2.45, 2.75) is 26.8 Å². The van der Waals surface area contributed by atoms with Gasteiger partial charge in [0.2, 0.25) is 11.7 Å². The molecule has 0 aliphatic heterocycles. The van der Waals surface area contributed by atoms with E-state index in [4.69, 9.17) is 9.52 Å². The number of tetrazole rings is 1. The van der Waals surface area contributed by atoms with Crippen LogP contribution < -0.4 is 5.32 Å². The number of carbonyl (C=O) groups is 1. The molecule has 0 unspecified atom stereocenters. The molecule has 2 rings (SSSR count). The Morgan fingerprint density at radius 2 is 2.33 bits per heavy atom. The van der Waals surface area contributed by atoms with Crippen molar-refractivity contribution in [2.75, 3.05) is 13.2 Å². The van der Waals surface area contributed by atoms with E-state index < -0.39 is 0 Å². The van der Waals surface area contributed by atoms with Gasteiger partial charge in [-0.15, -0.1) is 10.2 Å². The zero-order valence-corrected chi connectivity index (χ0v) is 12.1. The molecule has 0 fully saturated rings. The summed E-state index contributed by atoms with van der Waals surface area (Å²) >= 11 is 0. The molecule has 0 aliphatic rings. The van der Waals surface area contributed by atoms with E-state index in [1.165, 1.54) is 11.1 Å². The molecule has 114 valence electrons. The van der Waals surface area contributed by atoms with Crippen molar-refractivity contribution in [2.24, 2.45) is 5.41 Å².